The molecule has 0 fully saturated rings. The van der Waals surface area contributed by atoms with E-state index in [1.165, 1.54) is 0 Å². The van der Waals surface area contributed by atoms with Gasteiger partial charge < -0.3 is 4.90 Å². The van der Waals surface area contributed by atoms with Crippen molar-refractivity contribution in [3.05, 3.63) is 59.7 Å². The Hall–Kier alpha value is -2.46. The number of aliphatic imine (C=N–C) groups is 1. The van der Waals surface area contributed by atoms with E-state index in [-0.39, 0.29) is 17.3 Å². The zero-order valence-corrected chi connectivity index (χ0v) is 13.5. The minimum Gasteiger partial charge on any atom is -0.378 e. The van der Waals surface area contributed by atoms with Crippen molar-refractivity contribution < 1.29 is 9.59 Å². The van der Waals surface area contributed by atoms with E-state index >= 15 is 0 Å². The average Bonchev–Trinajstić information content (AvgIpc) is 2.57. The Morgan fingerprint density at radius 2 is 1.57 bits per heavy atom. The Morgan fingerprint density at radius 1 is 0.957 bits per heavy atom. The molecular formula is C18H15ClN2O2. The third-order valence-electron chi connectivity index (χ3n) is 3.76. The van der Waals surface area contributed by atoms with Crippen LogP contribution in [-0.2, 0) is 0 Å². The summed E-state index contributed by atoms with van der Waals surface area (Å²) in [5, 5.41) is -1.05. The van der Waals surface area contributed by atoms with Crippen LogP contribution in [0.25, 0.3) is 0 Å². The fourth-order valence-corrected chi connectivity index (χ4v) is 2.75. The highest BCUT2D eigenvalue weighted by molar-refractivity contribution is 6.65. The summed E-state index contributed by atoms with van der Waals surface area (Å²) in [5.74, 6) is -0.581. The highest BCUT2D eigenvalue weighted by Crippen LogP contribution is 2.26. The van der Waals surface area contributed by atoms with E-state index in [1.54, 1.807) is 36.4 Å². The number of rotatable bonds is 2. The fourth-order valence-electron chi connectivity index (χ4n) is 2.48. The summed E-state index contributed by atoms with van der Waals surface area (Å²) in [7, 11) is 3.88. The van der Waals surface area contributed by atoms with Gasteiger partial charge in [0.1, 0.15) is 11.1 Å². The lowest BCUT2D eigenvalue weighted by atomic mass is 9.88. The van der Waals surface area contributed by atoms with Gasteiger partial charge in [-0.1, -0.05) is 24.3 Å². The number of hydrogen-bond donors (Lipinski definition) is 0. The lowest BCUT2D eigenvalue weighted by molar-refractivity contribution is 0.0968. The topological polar surface area (TPSA) is 49.7 Å². The van der Waals surface area contributed by atoms with Crippen molar-refractivity contribution in [2.24, 2.45) is 4.99 Å². The Morgan fingerprint density at radius 3 is 2.17 bits per heavy atom. The van der Waals surface area contributed by atoms with E-state index in [0.29, 0.717) is 16.8 Å². The van der Waals surface area contributed by atoms with E-state index < -0.39 is 5.38 Å². The maximum absolute atomic E-state index is 12.6. The number of carbonyl (C=O) groups is 2. The number of halogens is 1. The van der Waals surface area contributed by atoms with Crippen molar-refractivity contribution in [2.75, 3.05) is 19.0 Å². The van der Waals surface area contributed by atoms with Gasteiger partial charge in [0, 0.05) is 30.9 Å². The minimum absolute atomic E-state index is 0.0768. The highest BCUT2D eigenvalue weighted by Gasteiger charge is 2.37. The van der Waals surface area contributed by atoms with Crippen LogP contribution in [0.2, 0.25) is 0 Å². The van der Waals surface area contributed by atoms with Crippen LogP contribution in [0.1, 0.15) is 20.7 Å². The number of carbonyl (C=O) groups excluding carboxylic acids is 2. The van der Waals surface area contributed by atoms with E-state index in [2.05, 4.69) is 4.99 Å². The Labute approximate surface area is 139 Å². The van der Waals surface area contributed by atoms with Gasteiger partial charge in [0.25, 0.3) is 0 Å². The number of fused-ring (bicyclic) bond motifs is 1. The van der Waals surface area contributed by atoms with Gasteiger partial charge in [-0.05, 0) is 24.3 Å². The number of hydrogen-bond acceptors (Lipinski definition) is 4. The van der Waals surface area contributed by atoms with Crippen LogP contribution >= 0.6 is 11.6 Å². The summed E-state index contributed by atoms with van der Waals surface area (Å²) >= 11 is 6.18. The van der Waals surface area contributed by atoms with Crippen molar-refractivity contribution >= 4 is 40.3 Å². The third-order valence-corrected chi connectivity index (χ3v) is 4.16. The summed E-state index contributed by atoms with van der Waals surface area (Å²) in [5.41, 5.74) is 2.41. The normalized spacial score (nSPS) is 18.9. The first-order valence-corrected chi connectivity index (χ1v) is 7.60. The zero-order valence-electron chi connectivity index (χ0n) is 12.8. The second-order valence-corrected chi connectivity index (χ2v) is 5.95. The van der Waals surface area contributed by atoms with Gasteiger partial charge in [-0.3, -0.25) is 9.59 Å². The first-order chi connectivity index (χ1) is 11.0. The van der Waals surface area contributed by atoms with Crippen molar-refractivity contribution in [1.82, 2.24) is 0 Å². The fraction of sp³-hybridized carbons (Fsp3) is 0.167. The molecule has 1 unspecified atom stereocenters. The molecule has 0 bridgehead atoms. The Balaban J connectivity index is 2.02. The van der Waals surface area contributed by atoms with Gasteiger partial charge in [-0.25, -0.2) is 4.99 Å². The quantitative estimate of drug-likeness (QED) is 0.793. The molecule has 1 aliphatic carbocycles. The molecule has 1 atom stereocenters. The number of benzene rings is 2. The lowest BCUT2D eigenvalue weighted by Crippen LogP contribution is -2.37. The van der Waals surface area contributed by atoms with Crippen LogP contribution in [0.5, 0.6) is 0 Å². The molecule has 0 aromatic heterocycles. The van der Waals surface area contributed by atoms with Crippen LogP contribution in [0.4, 0.5) is 11.4 Å². The maximum atomic E-state index is 12.6. The first kappa shape index (κ1) is 15.4. The molecule has 23 heavy (non-hydrogen) atoms. The van der Waals surface area contributed by atoms with Gasteiger partial charge in [0.2, 0.25) is 5.78 Å². The molecule has 116 valence electrons. The average molecular weight is 327 g/mol. The van der Waals surface area contributed by atoms with Crippen molar-refractivity contribution in [1.29, 1.82) is 0 Å². The molecule has 0 heterocycles. The van der Waals surface area contributed by atoms with E-state index in [4.69, 9.17) is 11.6 Å². The summed E-state index contributed by atoms with van der Waals surface area (Å²) in [6.45, 7) is 0. The van der Waals surface area contributed by atoms with Gasteiger partial charge in [0.05, 0.1) is 5.69 Å². The maximum Gasteiger partial charge on any atom is 0.209 e. The number of Topliss-reactive ketones (excluding diaryl/α,β-unsaturated/α-hetero) is 2. The molecule has 0 amide bonds. The largest absolute Gasteiger partial charge is 0.378 e. The second-order valence-electron chi connectivity index (χ2n) is 5.51. The molecule has 5 heteroatoms. The molecule has 0 spiro atoms. The molecule has 1 aliphatic rings. The molecule has 0 aliphatic heterocycles. The summed E-state index contributed by atoms with van der Waals surface area (Å²) in [4.78, 5) is 31.2. The Bertz CT molecular complexity index is 810. The van der Waals surface area contributed by atoms with Crippen LogP contribution in [0.3, 0.4) is 0 Å². The van der Waals surface area contributed by atoms with Crippen LogP contribution in [-0.4, -0.2) is 36.8 Å². The van der Waals surface area contributed by atoms with Gasteiger partial charge in [-0.15, -0.1) is 11.6 Å². The molecule has 0 radical (unpaired) electrons. The van der Waals surface area contributed by atoms with Crippen molar-refractivity contribution in [3.63, 3.8) is 0 Å². The third kappa shape index (κ3) is 2.78. The van der Waals surface area contributed by atoms with Crippen LogP contribution in [0.15, 0.2) is 53.5 Å². The van der Waals surface area contributed by atoms with Gasteiger partial charge in [0.15, 0.2) is 5.78 Å². The number of nitrogens with zero attached hydrogens (tertiary/aromatic N) is 2. The smallest absolute Gasteiger partial charge is 0.209 e. The molecule has 2 aromatic carbocycles. The van der Waals surface area contributed by atoms with Crippen molar-refractivity contribution in [3.8, 4) is 0 Å². The number of anilines is 1. The molecule has 3 rings (SSSR count). The molecule has 0 saturated carbocycles. The number of alkyl halides is 1. The summed E-state index contributed by atoms with van der Waals surface area (Å²) < 4.78 is 0. The Kier molecular flexibility index (Phi) is 4.01. The van der Waals surface area contributed by atoms with E-state index in [0.717, 1.165) is 5.69 Å². The molecule has 2 aromatic rings. The highest BCUT2D eigenvalue weighted by atomic mass is 35.5. The monoisotopic (exact) mass is 326 g/mol. The molecule has 4 nitrogen and oxygen atoms in total. The number of ketones is 2. The van der Waals surface area contributed by atoms with Crippen molar-refractivity contribution in [2.45, 2.75) is 5.38 Å². The minimum atomic E-state index is -1.05. The molecule has 0 saturated heterocycles. The standard InChI is InChI=1S/C18H15ClN2O2/c1-21(2)12-9-7-11(8-10-12)20-16-15(19)17(22)13-5-3-4-6-14(13)18(16)23/h3-10,15H,1-2H3. The molecule has 0 N–H and O–H groups in total. The SMILES string of the molecule is CN(C)c1ccc(N=C2C(=O)c3ccccc3C(=O)C2Cl)cc1. The van der Waals surface area contributed by atoms with Crippen LogP contribution < -0.4 is 4.90 Å². The second kappa shape index (κ2) is 5.97. The van der Waals surface area contributed by atoms with E-state index in [1.807, 2.05) is 31.1 Å². The zero-order chi connectivity index (χ0) is 16.6. The lowest BCUT2D eigenvalue weighted by Gasteiger charge is -2.19. The first-order valence-electron chi connectivity index (χ1n) is 7.17. The summed E-state index contributed by atoms with van der Waals surface area (Å²) in [6, 6.07) is 14.1. The van der Waals surface area contributed by atoms with Crippen LogP contribution in [0, 0.1) is 0 Å². The molecular weight excluding hydrogens is 312 g/mol. The van der Waals surface area contributed by atoms with Gasteiger partial charge >= 0.3 is 0 Å². The summed E-state index contributed by atoms with van der Waals surface area (Å²) in [6.07, 6.45) is 0. The predicted octanol–water partition coefficient (Wildman–Crippen LogP) is 3.51. The van der Waals surface area contributed by atoms with E-state index in [9.17, 15) is 9.59 Å². The van der Waals surface area contributed by atoms with Gasteiger partial charge in [-0.2, -0.15) is 0 Å². The predicted molar refractivity (Wildman–Crippen MR) is 92.6 cm³/mol.